The summed E-state index contributed by atoms with van der Waals surface area (Å²) in [6.07, 6.45) is 2.71. The molecule has 1 N–H and O–H groups in total. The van der Waals surface area contributed by atoms with Crippen molar-refractivity contribution in [3.8, 4) is 0 Å². The lowest BCUT2D eigenvalue weighted by molar-refractivity contribution is 0.116. The van der Waals surface area contributed by atoms with E-state index in [1.807, 2.05) is 25.3 Å². The van der Waals surface area contributed by atoms with Crippen LogP contribution in [0.2, 0.25) is 0 Å². The standard InChI is InChI=1S/C20H23BrN4O3/c1-2-28-12-18-23-17-10-22-16-9-14(21)3-4-15(16)19(17)25(18)11-13-5-7-24(8-6-13)20(26)27/h3-4,9-10,13H,2,5-8,11-12H2,1H3,(H,26,27). The summed E-state index contributed by atoms with van der Waals surface area (Å²) in [6.45, 7) is 5.04. The van der Waals surface area contributed by atoms with Crippen molar-refractivity contribution in [3.05, 3.63) is 34.7 Å². The summed E-state index contributed by atoms with van der Waals surface area (Å²) in [5.74, 6) is 1.31. The van der Waals surface area contributed by atoms with E-state index in [4.69, 9.17) is 9.72 Å². The van der Waals surface area contributed by atoms with Gasteiger partial charge in [-0.25, -0.2) is 9.78 Å². The second-order valence-electron chi connectivity index (χ2n) is 7.14. The Morgan fingerprint density at radius 1 is 1.32 bits per heavy atom. The maximum Gasteiger partial charge on any atom is 0.407 e. The summed E-state index contributed by atoms with van der Waals surface area (Å²) >= 11 is 3.52. The molecule has 1 amide bonds. The van der Waals surface area contributed by atoms with Gasteiger partial charge in [0.15, 0.2) is 0 Å². The molecule has 0 bridgehead atoms. The third-order valence-electron chi connectivity index (χ3n) is 5.38. The molecule has 1 aromatic carbocycles. The summed E-state index contributed by atoms with van der Waals surface area (Å²) in [5, 5.41) is 10.3. The van der Waals surface area contributed by atoms with Crippen LogP contribution in [0.25, 0.3) is 21.9 Å². The van der Waals surface area contributed by atoms with Crippen LogP contribution in [0.5, 0.6) is 0 Å². The van der Waals surface area contributed by atoms with Crippen molar-refractivity contribution in [1.82, 2.24) is 19.4 Å². The first-order valence-electron chi connectivity index (χ1n) is 9.55. The second kappa shape index (κ2) is 8.05. The van der Waals surface area contributed by atoms with Gasteiger partial charge in [0.1, 0.15) is 17.9 Å². The van der Waals surface area contributed by atoms with Gasteiger partial charge in [-0.05, 0) is 43.9 Å². The number of hydrogen-bond donors (Lipinski definition) is 1. The van der Waals surface area contributed by atoms with Gasteiger partial charge in [0.2, 0.25) is 0 Å². The van der Waals surface area contributed by atoms with Crippen LogP contribution in [-0.4, -0.2) is 50.3 Å². The molecule has 0 atom stereocenters. The number of benzene rings is 1. The maximum atomic E-state index is 11.2. The molecule has 28 heavy (non-hydrogen) atoms. The van der Waals surface area contributed by atoms with Crippen LogP contribution in [0, 0.1) is 5.92 Å². The molecular formula is C20H23BrN4O3. The minimum absolute atomic E-state index is 0.409. The third-order valence-corrected chi connectivity index (χ3v) is 5.87. The number of imidazole rings is 1. The molecule has 3 aromatic rings. The first-order valence-corrected chi connectivity index (χ1v) is 10.3. The summed E-state index contributed by atoms with van der Waals surface area (Å²) < 4.78 is 8.91. The van der Waals surface area contributed by atoms with E-state index in [2.05, 4.69) is 31.5 Å². The first kappa shape index (κ1) is 19.1. The molecule has 8 heteroatoms. The van der Waals surface area contributed by atoms with Gasteiger partial charge in [-0.15, -0.1) is 0 Å². The average molecular weight is 447 g/mol. The molecule has 0 radical (unpaired) electrons. The predicted octanol–water partition coefficient (Wildman–Crippen LogP) is 4.27. The average Bonchev–Trinajstić information content (AvgIpc) is 3.04. The van der Waals surface area contributed by atoms with Crippen LogP contribution in [-0.2, 0) is 17.9 Å². The van der Waals surface area contributed by atoms with E-state index >= 15 is 0 Å². The number of amides is 1. The number of likely N-dealkylation sites (tertiary alicyclic amines) is 1. The fourth-order valence-electron chi connectivity index (χ4n) is 3.90. The highest BCUT2D eigenvalue weighted by Crippen LogP contribution is 2.29. The highest BCUT2D eigenvalue weighted by molar-refractivity contribution is 9.10. The van der Waals surface area contributed by atoms with Crippen LogP contribution in [0.4, 0.5) is 4.79 Å². The van der Waals surface area contributed by atoms with E-state index in [1.54, 1.807) is 0 Å². The van der Waals surface area contributed by atoms with Crippen molar-refractivity contribution < 1.29 is 14.6 Å². The number of nitrogens with zero attached hydrogens (tertiary/aromatic N) is 4. The highest BCUT2D eigenvalue weighted by atomic mass is 79.9. The molecule has 0 saturated carbocycles. The van der Waals surface area contributed by atoms with Crippen molar-refractivity contribution in [2.75, 3.05) is 19.7 Å². The van der Waals surface area contributed by atoms with Crippen molar-refractivity contribution in [1.29, 1.82) is 0 Å². The Morgan fingerprint density at radius 3 is 2.82 bits per heavy atom. The molecule has 0 spiro atoms. The summed E-state index contributed by atoms with van der Waals surface area (Å²) in [6, 6.07) is 6.11. The van der Waals surface area contributed by atoms with Gasteiger partial charge in [0.05, 0.1) is 17.2 Å². The predicted molar refractivity (Wildman–Crippen MR) is 110 cm³/mol. The van der Waals surface area contributed by atoms with Crippen LogP contribution in [0.15, 0.2) is 28.9 Å². The lowest BCUT2D eigenvalue weighted by Gasteiger charge is -2.30. The Kier molecular flexibility index (Phi) is 5.50. The summed E-state index contributed by atoms with van der Waals surface area (Å²) in [5.41, 5.74) is 2.87. The molecule has 1 aliphatic rings. The van der Waals surface area contributed by atoms with E-state index in [0.29, 0.717) is 32.2 Å². The van der Waals surface area contributed by atoms with E-state index in [9.17, 15) is 9.90 Å². The quantitative estimate of drug-likeness (QED) is 0.632. The number of piperidine rings is 1. The fraction of sp³-hybridized carbons (Fsp3) is 0.450. The maximum absolute atomic E-state index is 11.2. The molecule has 3 heterocycles. The molecule has 7 nitrogen and oxygen atoms in total. The van der Waals surface area contributed by atoms with Crippen LogP contribution in [0.1, 0.15) is 25.6 Å². The monoisotopic (exact) mass is 446 g/mol. The number of fused-ring (bicyclic) bond motifs is 3. The van der Waals surface area contributed by atoms with Gasteiger partial charge in [-0.2, -0.15) is 0 Å². The van der Waals surface area contributed by atoms with E-state index in [0.717, 1.165) is 51.6 Å². The first-order chi connectivity index (χ1) is 13.6. The number of rotatable bonds is 5. The molecule has 1 fully saturated rings. The lowest BCUT2D eigenvalue weighted by Crippen LogP contribution is -2.38. The van der Waals surface area contributed by atoms with Gasteiger partial charge >= 0.3 is 6.09 Å². The SMILES string of the molecule is CCOCc1nc2cnc3cc(Br)ccc3c2n1CC1CCN(C(=O)O)CC1. The summed E-state index contributed by atoms with van der Waals surface area (Å²) in [7, 11) is 0. The molecule has 0 unspecified atom stereocenters. The van der Waals surface area contributed by atoms with Crippen molar-refractivity contribution >= 4 is 44.0 Å². The molecule has 148 valence electrons. The van der Waals surface area contributed by atoms with Gasteiger partial charge in [-0.1, -0.05) is 15.9 Å². The lowest BCUT2D eigenvalue weighted by atomic mass is 9.97. The smallest absolute Gasteiger partial charge is 0.407 e. The molecule has 1 saturated heterocycles. The van der Waals surface area contributed by atoms with Gasteiger partial charge in [0.25, 0.3) is 0 Å². The van der Waals surface area contributed by atoms with Gasteiger partial charge in [-0.3, -0.25) is 4.98 Å². The zero-order valence-corrected chi connectivity index (χ0v) is 17.4. The van der Waals surface area contributed by atoms with Crippen molar-refractivity contribution in [3.63, 3.8) is 0 Å². The van der Waals surface area contributed by atoms with Crippen LogP contribution < -0.4 is 0 Å². The van der Waals surface area contributed by atoms with Crippen molar-refractivity contribution in [2.45, 2.75) is 32.9 Å². The molecular weight excluding hydrogens is 424 g/mol. The minimum Gasteiger partial charge on any atom is -0.465 e. The van der Waals surface area contributed by atoms with Gasteiger partial charge in [0, 0.05) is 36.1 Å². The van der Waals surface area contributed by atoms with Gasteiger partial charge < -0.3 is 19.3 Å². The van der Waals surface area contributed by atoms with Crippen LogP contribution >= 0.6 is 15.9 Å². The number of halogens is 1. The number of pyridine rings is 1. The number of aromatic nitrogens is 3. The van der Waals surface area contributed by atoms with E-state index < -0.39 is 6.09 Å². The number of hydrogen-bond acceptors (Lipinski definition) is 4. The highest BCUT2D eigenvalue weighted by Gasteiger charge is 2.24. The molecule has 1 aliphatic heterocycles. The molecule has 4 rings (SSSR count). The molecule has 0 aliphatic carbocycles. The van der Waals surface area contributed by atoms with Crippen LogP contribution in [0.3, 0.4) is 0 Å². The number of carboxylic acid groups (broad SMARTS) is 1. The van der Waals surface area contributed by atoms with Crippen molar-refractivity contribution in [2.24, 2.45) is 5.92 Å². The third kappa shape index (κ3) is 3.71. The Balaban J connectivity index is 1.72. The topological polar surface area (TPSA) is 80.5 Å². The zero-order chi connectivity index (χ0) is 19.7. The zero-order valence-electron chi connectivity index (χ0n) is 15.8. The Labute approximate surface area is 171 Å². The normalized spacial score (nSPS) is 15.6. The summed E-state index contributed by atoms with van der Waals surface area (Å²) in [4.78, 5) is 22.0. The Bertz CT molecular complexity index is 1010. The fourth-order valence-corrected chi connectivity index (χ4v) is 4.25. The Morgan fingerprint density at radius 2 is 2.11 bits per heavy atom. The van der Waals surface area contributed by atoms with E-state index in [1.165, 1.54) is 4.90 Å². The Hall–Kier alpha value is -2.19. The van der Waals surface area contributed by atoms with E-state index in [-0.39, 0.29) is 0 Å². The minimum atomic E-state index is -0.828. The largest absolute Gasteiger partial charge is 0.465 e. The number of carbonyl (C=O) groups is 1. The molecule has 2 aromatic heterocycles. The second-order valence-corrected chi connectivity index (χ2v) is 8.06. The number of ether oxygens (including phenoxy) is 1.